The zero-order valence-corrected chi connectivity index (χ0v) is 21.3. The first-order chi connectivity index (χ1) is 15.2. The second kappa shape index (κ2) is 11.3. The van der Waals surface area contributed by atoms with Gasteiger partial charge in [-0.2, -0.15) is 5.10 Å². The van der Waals surface area contributed by atoms with E-state index in [0.29, 0.717) is 22.0 Å². The van der Waals surface area contributed by atoms with Gasteiger partial charge in [0.05, 0.1) is 32.0 Å². The topological polar surface area (TPSA) is 94.5 Å². The highest BCUT2D eigenvalue weighted by Gasteiger charge is 2.26. The van der Waals surface area contributed by atoms with Crippen LogP contribution in [0, 0.1) is 20.8 Å². The van der Waals surface area contributed by atoms with Crippen molar-refractivity contribution in [3.05, 3.63) is 63.3 Å². The van der Waals surface area contributed by atoms with E-state index in [9.17, 15) is 9.59 Å². The van der Waals surface area contributed by atoms with E-state index in [-0.39, 0.29) is 23.1 Å². The summed E-state index contributed by atoms with van der Waals surface area (Å²) in [5, 5.41) is 11.3. The van der Waals surface area contributed by atoms with Crippen LogP contribution < -0.4 is 10.6 Å². The van der Waals surface area contributed by atoms with Gasteiger partial charge in [0.1, 0.15) is 9.88 Å². The summed E-state index contributed by atoms with van der Waals surface area (Å²) in [6.45, 7) is 6.34. The number of hydrogen-bond donors (Lipinski definition) is 2. The monoisotopic (exact) mass is 508 g/mol. The van der Waals surface area contributed by atoms with Crippen LogP contribution in [0.4, 0.5) is 10.7 Å². The lowest BCUT2D eigenvalue weighted by atomic mass is 10.1. The fraction of sp³-hybridized carbons (Fsp3) is 0.273. The van der Waals surface area contributed by atoms with Crippen LogP contribution >= 0.6 is 36.0 Å². The normalized spacial score (nSPS) is 10.2. The molecular formula is C22H25ClN4O4S2. The van der Waals surface area contributed by atoms with Crippen molar-refractivity contribution in [1.29, 1.82) is 0 Å². The number of methoxy groups -OCH3 is 2. The van der Waals surface area contributed by atoms with Gasteiger partial charge in [-0.25, -0.2) is 9.59 Å². The molecule has 0 radical (unpaired) electrons. The quantitative estimate of drug-likeness (QED) is 0.365. The van der Waals surface area contributed by atoms with Gasteiger partial charge in [0.2, 0.25) is 0 Å². The molecule has 0 amide bonds. The molecule has 0 unspecified atom stereocenters. The van der Waals surface area contributed by atoms with Crippen molar-refractivity contribution in [2.24, 2.45) is 0 Å². The van der Waals surface area contributed by atoms with Crippen molar-refractivity contribution in [3.63, 3.8) is 0 Å². The van der Waals surface area contributed by atoms with Gasteiger partial charge in [0.25, 0.3) is 0 Å². The molecule has 1 aromatic carbocycles. The molecule has 0 atom stereocenters. The Morgan fingerprint density at radius 1 is 1.06 bits per heavy atom. The lowest BCUT2D eigenvalue weighted by Crippen LogP contribution is -2.20. The Morgan fingerprint density at radius 2 is 1.70 bits per heavy atom. The maximum absolute atomic E-state index is 12.3. The van der Waals surface area contributed by atoms with Crippen LogP contribution in [0.3, 0.4) is 0 Å². The minimum absolute atomic E-state index is 0. The average Bonchev–Trinajstić information content (AvgIpc) is 3.25. The molecule has 33 heavy (non-hydrogen) atoms. The number of aryl methyl sites for hydroxylation is 2. The summed E-state index contributed by atoms with van der Waals surface area (Å²) in [5.74, 6) is -1.09. The number of carbonyl (C=O) groups is 2. The number of nitrogens with one attached hydrogen (secondary N) is 2. The standard InChI is InChI=1S/C22H24N4O4S2.ClH/c1-12-10-13(2)26(25-12)11-15-6-8-16(9-7-15)23-22(31)24-19-17(20(27)29-4)14(3)18(32-19)21(28)30-5;/h6-10H,11H2,1-5H3,(H2,23,24,31);1H. The van der Waals surface area contributed by atoms with E-state index in [1.54, 1.807) is 6.92 Å². The summed E-state index contributed by atoms with van der Waals surface area (Å²) < 4.78 is 11.6. The highest BCUT2D eigenvalue weighted by molar-refractivity contribution is 7.80. The van der Waals surface area contributed by atoms with Crippen molar-refractivity contribution in [3.8, 4) is 0 Å². The summed E-state index contributed by atoms with van der Waals surface area (Å²) in [5.41, 5.74) is 4.71. The lowest BCUT2D eigenvalue weighted by molar-refractivity contribution is 0.0601. The average molecular weight is 509 g/mol. The zero-order chi connectivity index (χ0) is 23.4. The third-order valence-electron chi connectivity index (χ3n) is 4.78. The Hall–Kier alpha value is -2.95. The van der Waals surface area contributed by atoms with E-state index in [1.807, 2.05) is 48.9 Å². The lowest BCUT2D eigenvalue weighted by Gasteiger charge is -2.11. The number of ether oxygens (including phenoxy) is 2. The van der Waals surface area contributed by atoms with Crippen molar-refractivity contribution in [2.75, 3.05) is 24.9 Å². The van der Waals surface area contributed by atoms with Crippen LogP contribution in [0.2, 0.25) is 0 Å². The number of esters is 2. The molecular weight excluding hydrogens is 484 g/mol. The van der Waals surface area contributed by atoms with Gasteiger partial charge in [-0.15, -0.1) is 23.7 Å². The summed E-state index contributed by atoms with van der Waals surface area (Å²) in [6.07, 6.45) is 0. The predicted octanol–water partition coefficient (Wildman–Crippen LogP) is 4.72. The maximum Gasteiger partial charge on any atom is 0.348 e. The minimum Gasteiger partial charge on any atom is -0.465 e. The number of anilines is 2. The molecule has 2 aromatic heterocycles. The number of thiophene rings is 1. The number of thiocarbonyl (C=S) groups is 1. The van der Waals surface area contributed by atoms with Crippen molar-refractivity contribution >= 4 is 63.7 Å². The smallest absolute Gasteiger partial charge is 0.348 e. The molecule has 0 saturated carbocycles. The molecule has 3 rings (SSSR count). The van der Waals surface area contributed by atoms with Crippen LogP contribution in [0.5, 0.6) is 0 Å². The third kappa shape index (κ3) is 6.10. The Labute approximate surface area is 207 Å². The predicted molar refractivity (Wildman–Crippen MR) is 136 cm³/mol. The Kier molecular flexibility index (Phi) is 8.98. The highest BCUT2D eigenvalue weighted by atomic mass is 35.5. The van der Waals surface area contributed by atoms with E-state index >= 15 is 0 Å². The van der Waals surface area contributed by atoms with Crippen LogP contribution in [-0.2, 0) is 16.0 Å². The van der Waals surface area contributed by atoms with Gasteiger partial charge < -0.3 is 20.1 Å². The number of hydrogen-bond acceptors (Lipinski definition) is 7. The molecule has 11 heteroatoms. The van der Waals surface area contributed by atoms with Gasteiger partial charge in [-0.1, -0.05) is 12.1 Å². The second-order valence-corrected chi connectivity index (χ2v) is 8.53. The van der Waals surface area contributed by atoms with E-state index in [1.165, 1.54) is 14.2 Å². The summed E-state index contributed by atoms with van der Waals surface area (Å²) in [4.78, 5) is 24.6. The Morgan fingerprint density at radius 3 is 2.24 bits per heavy atom. The number of halogens is 1. The Bertz CT molecular complexity index is 1170. The molecule has 0 aliphatic carbocycles. The highest BCUT2D eigenvalue weighted by Crippen LogP contribution is 2.34. The summed E-state index contributed by atoms with van der Waals surface area (Å²) in [7, 11) is 2.57. The van der Waals surface area contributed by atoms with Crippen LogP contribution in [-0.4, -0.2) is 41.1 Å². The molecule has 3 aromatic rings. The fourth-order valence-corrected chi connectivity index (χ4v) is 4.61. The number of benzene rings is 1. The van der Waals surface area contributed by atoms with Crippen LogP contribution in [0.15, 0.2) is 30.3 Å². The first-order valence-electron chi connectivity index (χ1n) is 9.71. The van der Waals surface area contributed by atoms with Crippen molar-refractivity contribution < 1.29 is 19.1 Å². The van der Waals surface area contributed by atoms with Crippen LogP contribution in [0.25, 0.3) is 0 Å². The number of nitrogens with zero attached hydrogens (tertiary/aromatic N) is 2. The largest absolute Gasteiger partial charge is 0.465 e. The fourth-order valence-electron chi connectivity index (χ4n) is 3.20. The van der Waals surface area contributed by atoms with Crippen molar-refractivity contribution in [1.82, 2.24) is 9.78 Å². The molecule has 0 aliphatic heterocycles. The van der Waals surface area contributed by atoms with Crippen molar-refractivity contribution in [2.45, 2.75) is 27.3 Å². The molecule has 0 bridgehead atoms. The number of aromatic nitrogens is 2. The van der Waals surface area contributed by atoms with Crippen LogP contribution in [0.1, 0.15) is 42.5 Å². The van der Waals surface area contributed by atoms with E-state index in [2.05, 4.69) is 15.7 Å². The molecule has 0 saturated heterocycles. The second-order valence-electron chi connectivity index (χ2n) is 7.10. The summed E-state index contributed by atoms with van der Waals surface area (Å²) >= 11 is 6.49. The van der Waals surface area contributed by atoms with Gasteiger partial charge in [-0.3, -0.25) is 4.68 Å². The molecule has 2 N–H and O–H groups in total. The number of rotatable bonds is 6. The SMILES string of the molecule is COC(=O)c1sc(NC(=S)Nc2ccc(Cn3nc(C)cc3C)cc2)c(C(=O)OC)c1C.Cl. The summed E-state index contributed by atoms with van der Waals surface area (Å²) in [6, 6.07) is 9.85. The Balaban J connectivity index is 0.00000385. The van der Waals surface area contributed by atoms with Gasteiger partial charge in [-0.05, 0) is 62.3 Å². The minimum atomic E-state index is -0.562. The van der Waals surface area contributed by atoms with E-state index < -0.39 is 11.9 Å². The van der Waals surface area contributed by atoms with Gasteiger partial charge >= 0.3 is 11.9 Å². The molecule has 0 spiro atoms. The van der Waals surface area contributed by atoms with Gasteiger partial charge in [0, 0.05) is 11.4 Å². The first kappa shape index (κ1) is 26.3. The molecule has 8 nitrogen and oxygen atoms in total. The maximum atomic E-state index is 12.3. The van der Waals surface area contributed by atoms with Gasteiger partial charge in [0.15, 0.2) is 5.11 Å². The van der Waals surface area contributed by atoms with E-state index in [0.717, 1.165) is 34.0 Å². The number of carbonyl (C=O) groups excluding carboxylic acids is 2. The first-order valence-corrected chi connectivity index (χ1v) is 10.9. The molecule has 0 fully saturated rings. The molecule has 2 heterocycles. The van der Waals surface area contributed by atoms with E-state index in [4.69, 9.17) is 21.7 Å². The molecule has 176 valence electrons. The third-order valence-corrected chi connectivity index (χ3v) is 6.17. The zero-order valence-electron chi connectivity index (χ0n) is 18.8. The molecule has 0 aliphatic rings.